The summed E-state index contributed by atoms with van der Waals surface area (Å²) in [6, 6.07) is 12.4. The molecule has 0 saturated heterocycles. The van der Waals surface area contributed by atoms with Crippen LogP contribution in [0, 0.1) is 13.8 Å². The van der Waals surface area contributed by atoms with Crippen LogP contribution >= 0.6 is 0 Å². The molecule has 1 aromatic heterocycles. The molecular weight excluding hydrogens is 284 g/mol. The van der Waals surface area contributed by atoms with Gasteiger partial charge in [0, 0.05) is 24.3 Å². The van der Waals surface area contributed by atoms with Gasteiger partial charge in [0.1, 0.15) is 5.82 Å². The predicted octanol–water partition coefficient (Wildman–Crippen LogP) is 3.46. The first kappa shape index (κ1) is 15.6. The number of anilines is 1. The molecule has 2 aromatic carbocycles. The summed E-state index contributed by atoms with van der Waals surface area (Å²) in [7, 11) is 4.19. The molecule has 120 valence electrons. The van der Waals surface area contributed by atoms with Crippen molar-refractivity contribution in [3.05, 3.63) is 47.5 Å². The molecule has 0 spiro atoms. The fourth-order valence-corrected chi connectivity index (χ4v) is 2.76. The van der Waals surface area contributed by atoms with E-state index in [0.717, 1.165) is 35.7 Å². The minimum Gasteiger partial charge on any atom is -0.399 e. The maximum atomic E-state index is 5.82. The molecule has 1 heterocycles. The summed E-state index contributed by atoms with van der Waals surface area (Å²) in [5, 5.41) is 0. The minimum absolute atomic E-state index is 0.774. The smallest absolute Gasteiger partial charge is 0.141 e. The van der Waals surface area contributed by atoms with E-state index >= 15 is 0 Å². The number of rotatable bonds is 4. The molecule has 3 rings (SSSR count). The zero-order valence-corrected chi connectivity index (χ0v) is 14.3. The van der Waals surface area contributed by atoms with Gasteiger partial charge in [0.25, 0.3) is 0 Å². The summed E-state index contributed by atoms with van der Waals surface area (Å²) in [5.41, 5.74) is 12.5. The first-order valence-electron chi connectivity index (χ1n) is 7.94. The Bertz CT molecular complexity index is 829. The van der Waals surface area contributed by atoms with E-state index in [0.29, 0.717) is 0 Å². The van der Waals surface area contributed by atoms with Crippen molar-refractivity contribution in [3.63, 3.8) is 0 Å². The van der Waals surface area contributed by atoms with Crippen LogP contribution in [0.5, 0.6) is 0 Å². The van der Waals surface area contributed by atoms with Crippen LogP contribution in [-0.2, 0) is 6.54 Å². The molecule has 0 atom stereocenters. The van der Waals surface area contributed by atoms with Crippen LogP contribution in [0.15, 0.2) is 36.4 Å². The third-order valence-corrected chi connectivity index (χ3v) is 4.30. The topological polar surface area (TPSA) is 47.1 Å². The molecule has 0 fully saturated rings. The lowest BCUT2D eigenvalue weighted by molar-refractivity contribution is 0.387. The molecule has 0 aliphatic heterocycles. The highest BCUT2D eigenvalue weighted by atomic mass is 15.1. The number of hydrogen-bond donors (Lipinski definition) is 1. The Morgan fingerprint density at radius 1 is 1.04 bits per heavy atom. The number of benzene rings is 2. The summed E-state index contributed by atoms with van der Waals surface area (Å²) in [6.45, 7) is 6.17. The number of imidazole rings is 1. The van der Waals surface area contributed by atoms with Crippen molar-refractivity contribution in [1.82, 2.24) is 14.5 Å². The van der Waals surface area contributed by atoms with E-state index in [2.05, 4.69) is 49.5 Å². The molecule has 3 aromatic rings. The van der Waals surface area contributed by atoms with Crippen LogP contribution in [0.4, 0.5) is 5.69 Å². The Morgan fingerprint density at radius 3 is 2.35 bits per heavy atom. The van der Waals surface area contributed by atoms with Gasteiger partial charge in [-0.15, -0.1) is 0 Å². The number of nitrogens with two attached hydrogens (primary N) is 1. The van der Waals surface area contributed by atoms with Crippen LogP contribution in [0.2, 0.25) is 0 Å². The maximum Gasteiger partial charge on any atom is 0.141 e. The normalized spacial score (nSPS) is 11.5. The molecule has 23 heavy (non-hydrogen) atoms. The summed E-state index contributed by atoms with van der Waals surface area (Å²) >= 11 is 0. The molecule has 0 aliphatic carbocycles. The fourth-order valence-electron chi connectivity index (χ4n) is 2.76. The number of fused-ring (bicyclic) bond motifs is 1. The number of hydrogen-bond acceptors (Lipinski definition) is 3. The van der Waals surface area contributed by atoms with Gasteiger partial charge in [0.05, 0.1) is 11.0 Å². The van der Waals surface area contributed by atoms with Crippen LogP contribution in [-0.4, -0.2) is 35.1 Å². The molecular formula is C19H24N4. The Labute approximate surface area is 137 Å². The van der Waals surface area contributed by atoms with Crippen molar-refractivity contribution in [2.75, 3.05) is 26.4 Å². The highest BCUT2D eigenvalue weighted by Gasteiger charge is 2.14. The van der Waals surface area contributed by atoms with Gasteiger partial charge in [-0.25, -0.2) is 4.98 Å². The van der Waals surface area contributed by atoms with Gasteiger partial charge in [-0.1, -0.05) is 0 Å². The van der Waals surface area contributed by atoms with Crippen molar-refractivity contribution < 1.29 is 0 Å². The Hall–Kier alpha value is -2.33. The lowest BCUT2D eigenvalue weighted by Crippen LogP contribution is -2.18. The maximum absolute atomic E-state index is 5.82. The highest BCUT2D eigenvalue weighted by molar-refractivity contribution is 5.82. The Morgan fingerprint density at radius 2 is 1.70 bits per heavy atom. The molecule has 4 nitrogen and oxygen atoms in total. The Kier molecular flexibility index (Phi) is 4.09. The van der Waals surface area contributed by atoms with Gasteiger partial charge >= 0.3 is 0 Å². The van der Waals surface area contributed by atoms with Crippen molar-refractivity contribution in [2.24, 2.45) is 0 Å². The second kappa shape index (κ2) is 6.05. The summed E-state index contributed by atoms with van der Waals surface area (Å²) < 4.78 is 2.31. The standard InChI is InChI=1S/C19H24N4/c1-13-11-17-18(12-14(13)2)23(10-9-22(3)4)19(21-17)15-5-7-16(20)8-6-15/h5-8,11-12H,9-10,20H2,1-4H3. The summed E-state index contributed by atoms with van der Waals surface area (Å²) in [6.07, 6.45) is 0. The molecule has 0 unspecified atom stereocenters. The number of nitrogens with zero attached hydrogens (tertiary/aromatic N) is 3. The van der Waals surface area contributed by atoms with Gasteiger partial charge in [-0.2, -0.15) is 0 Å². The van der Waals surface area contributed by atoms with Crippen LogP contribution in [0.1, 0.15) is 11.1 Å². The lowest BCUT2D eigenvalue weighted by atomic mass is 10.1. The Balaban J connectivity index is 2.18. The zero-order chi connectivity index (χ0) is 16.6. The van der Waals surface area contributed by atoms with E-state index in [-0.39, 0.29) is 0 Å². The third-order valence-electron chi connectivity index (χ3n) is 4.30. The minimum atomic E-state index is 0.774. The fraction of sp³-hybridized carbons (Fsp3) is 0.316. The van der Waals surface area contributed by atoms with Crippen LogP contribution in [0.25, 0.3) is 22.4 Å². The van der Waals surface area contributed by atoms with E-state index in [4.69, 9.17) is 10.7 Å². The number of aryl methyl sites for hydroxylation is 2. The number of nitrogen functional groups attached to an aromatic ring is 1. The van der Waals surface area contributed by atoms with Gasteiger partial charge in [-0.3, -0.25) is 0 Å². The largest absolute Gasteiger partial charge is 0.399 e. The first-order valence-corrected chi connectivity index (χ1v) is 7.94. The van der Waals surface area contributed by atoms with Gasteiger partial charge in [0.2, 0.25) is 0 Å². The average molecular weight is 308 g/mol. The second-order valence-electron chi connectivity index (χ2n) is 6.44. The predicted molar refractivity (Wildman–Crippen MR) is 97.6 cm³/mol. The second-order valence-corrected chi connectivity index (χ2v) is 6.44. The third kappa shape index (κ3) is 3.08. The van der Waals surface area contributed by atoms with E-state index in [9.17, 15) is 0 Å². The number of aromatic nitrogens is 2. The van der Waals surface area contributed by atoms with Crippen LogP contribution < -0.4 is 5.73 Å². The van der Waals surface area contributed by atoms with Gasteiger partial charge in [-0.05, 0) is 75.5 Å². The van der Waals surface area contributed by atoms with Crippen molar-refractivity contribution >= 4 is 16.7 Å². The van der Waals surface area contributed by atoms with Gasteiger partial charge < -0.3 is 15.2 Å². The van der Waals surface area contributed by atoms with E-state index < -0.39 is 0 Å². The lowest BCUT2D eigenvalue weighted by Gasteiger charge is -2.14. The van der Waals surface area contributed by atoms with Crippen molar-refractivity contribution in [1.29, 1.82) is 0 Å². The van der Waals surface area contributed by atoms with Crippen molar-refractivity contribution in [3.8, 4) is 11.4 Å². The molecule has 2 N–H and O–H groups in total. The summed E-state index contributed by atoms with van der Waals surface area (Å²) in [5.74, 6) is 1.01. The van der Waals surface area contributed by atoms with Crippen molar-refractivity contribution in [2.45, 2.75) is 20.4 Å². The summed E-state index contributed by atoms with van der Waals surface area (Å²) in [4.78, 5) is 7.09. The molecule has 0 amide bonds. The average Bonchev–Trinajstić information content (AvgIpc) is 2.84. The first-order chi connectivity index (χ1) is 11.0. The molecule has 4 heteroatoms. The zero-order valence-electron chi connectivity index (χ0n) is 14.3. The van der Waals surface area contributed by atoms with E-state index in [1.165, 1.54) is 16.6 Å². The SMILES string of the molecule is Cc1cc2nc(-c3ccc(N)cc3)n(CCN(C)C)c2cc1C. The number of likely N-dealkylation sites (N-methyl/N-ethyl adjacent to an activating group) is 1. The van der Waals surface area contributed by atoms with Gasteiger partial charge in [0.15, 0.2) is 0 Å². The highest BCUT2D eigenvalue weighted by Crippen LogP contribution is 2.27. The molecule has 0 bridgehead atoms. The quantitative estimate of drug-likeness (QED) is 0.751. The molecule has 0 radical (unpaired) electrons. The van der Waals surface area contributed by atoms with E-state index in [1.54, 1.807) is 0 Å². The molecule has 0 aliphatic rings. The monoisotopic (exact) mass is 308 g/mol. The van der Waals surface area contributed by atoms with Crippen LogP contribution in [0.3, 0.4) is 0 Å². The van der Waals surface area contributed by atoms with E-state index in [1.807, 2.05) is 24.3 Å². The molecule has 0 saturated carbocycles.